The van der Waals surface area contributed by atoms with Crippen LogP contribution in [0.1, 0.15) is 24.0 Å². The average Bonchev–Trinajstić information content (AvgIpc) is 2.14. The van der Waals surface area contributed by atoms with Crippen LogP contribution in [0.2, 0.25) is 0 Å². The summed E-state index contributed by atoms with van der Waals surface area (Å²) < 4.78 is 4.68. The van der Waals surface area contributed by atoms with E-state index in [-0.39, 0.29) is 5.38 Å². The Balaban J connectivity index is 2.85. The van der Waals surface area contributed by atoms with Crippen molar-refractivity contribution in [2.45, 2.75) is 19.2 Å². The Bertz CT molecular complexity index is 197. The predicted octanol–water partition coefficient (Wildman–Crippen LogP) is 1.68. The minimum absolute atomic E-state index is 0.164. The van der Waals surface area contributed by atoms with Gasteiger partial charge in [-0.3, -0.25) is 0 Å². The lowest BCUT2D eigenvalue weighted by molar-refractivity contribution is 0.387. The average molecular weight is 147 g/mol. The van der Waals surface area contributed by atoms with Crippen molar-refractivity contribution in [1.29, 1.82) is 0 Å². The summed E-state index contributed by atoms with van der Waals surface area (Å²) in [7, 11) is 0. The van der Waals surface area contributed by atoms with E-state index in [1.165, 1.54) is 0 Å². The van der Waals surface area contributed by atoms with Crippen LogP contribution in [0.4, 0.5) is 0 Å². The minimum atomic E-state index is -0.164. The molecule has 0 aromatic carbocycles. The van der Waals surface area contributed by atoms with Gasteiger partial charge in [0.25, 0.3) is 0 Å². The van der Waals surface area contributed by atoms with Crippen molar-refractivity contribution in [1.82, 2.24) is 10.1 Å². The smallest absolute Gasteiger partial charge is 0.223 e. The van der Waals surface area contributed by atoms with E-state index in [1.807, 2.05) is 0 Å². The molecule has 0 fully saturated rings. The Morgan fingerprint density at radius 1 is 1.67 bits per heavy atom. The van der Waals surface area contributed by atoms with Crippen LogP contribution < -0.4 is 0 Å². The molecule has 0 aliphatic carbocycles. The van der Waals surface area contributed by atoms with Crippen LogP contribution in [0.25, 0.3) is 0 Å². The Kier molecular flexibility index (Phi) is 1.71. The Morgan fingerprint density at radius 2 is 2.33 bits per heavy atom. The number of aryl methyl sites for hydroxylation is 1. The lowest BCUT2D eigenvalue weighted by atomic mass is 10.5. The first-order valence-corrected chi connectivity index (χ1v) is 3.08. The highest BCUT2D eigenvalue weighted by molar-refractivity contribution is 6.20. The van der Waals surface area contributed by atoms with E-state index < -0.39 is 0 Å². The zero-order valence-corrected chi connectivity index (χ0v) is 6.01. The normalized spacial score (nSPS) is 13.7. The van der Waals surface area contributed by atoms with Gasteiger partial charge in [-0.05, 0) is 6.92 Å². The number of alkyl halides is 1. The van der Waals surface area contributed by atoms with Crippen molar-refractivity contribution < 1.29 is 4.52 Å². The molecule has 0 aliphatic rings. The zero-order valence-electron chi connectivity index (χ0n) is 5.26. The van der Waals surface area contributed by atoms with Gasteiger partial charge in [-0.25, -0.2) is 0 Å². The first-order chi connectivity index (χ1) is 4.20. The lowest BCUT2D eigenvalue weighted by Gasteiger charge is -1.88. The predicted molar refractivity (Wildman–Crippen MR) is 33.3 cm³/mol. The molecule has 3 nitrogen and oxygen atoms in total. The fourth-order valence-electron chi connectivity index (χ4n) is 0.477. The molecule has 0 aliphatic heterocycles. The summed E-state index contributed by atoms with van der Waals surface area (Å²) in [6, 6.07) is 0. The van der Waals surface area contributed by atoms with Crippen molar-refractivity contribution in [3.05, 3.63) is 11.7 Å². The number of halogens is 1. The van der Waals surface area contributed by atoms with E-state index in [1.54, 1.807) is 13.8 Å². The van der Waals surface area contributed by atoms with Gasteiger partial charge in [-0.15, -0.1) is 11.6 Å². The fourth-order valence-corrected chi connectivity index (χ4v) is 0.565. The Labute approximate surface area is 58.0 Å². The molecule has 0 unspecified atom stereocenters. The summed E-state index contributed by atoms with van der Waals surface area (Å²) in [5.74, 6) is 1.10. The molecule has 0 spiro atoms. The first-order valence-electron chi connectivity index (χ1n) is 2.64. The minimum Gasteiger partial charge on any atom is -0.340 e. The summed E-state index contributed by atoms with van der Waals surface area (Å²) in [6.07, 6.45) is 0. The van der Waals surface area contributed by atoms with Gasteiger partial charge in [0.1, 0.15) is 0 Å². The largest absolute Gasteiger partial charge is 0.340 e. The van der Waals surface area contributed by atoms with Crippen LogP contribution in [-0.4, -0.2) is 10.1 Å². The highest BCUT2D eigenvalue weighted by Gasteiger charge is 2.06. The first kappa shape index (κ1) is 6.55. The number of aromatic nitrogens is 2. The second-order valence-corrected chi connectivity index (χ2v) is 2.44. The third-order valence-corrected chi connectivity index (χ3v) is 1.09. The highest BCUT2D eigenvalue weighted by atomic mass is 35.5. The molecule has 0 N–H and O–H groups in total. The van der Waals surface area contributed by atoms with Crippen molar-refractivity contribution in [2.24, 2.45) is 0 Å². The van der Waals surface area contributed by atoms with E-state index >= 15 is 0 Å². The van der Waals surface area contributed by atoms with Gasteiger partial charge in [0.2, 0.25) is 5.89 Å². The van der Waals surface area contributed by atoms with E-state index in [9.17, 15) is 0 Å². The molecule has 0 radical (unpaired) electrons. The van der Waals surface area contributed by atoms with Gasteiger partial charge in [-0.1, -0.05) is 5.16 Å². The molecule has 0 saturated heterocycles. The molecule has 1 heterocycles. The molecule has 0 amide bonds. The SMILES string of the molecule is Cc1nc([C@@H](C)Cl)no1. The van der Waals surface area contributed by atoms with Crippen LogP contribution in [-0.2, 0) is 0 Å². The molecule has 0 bridgehead atoms. The molecule has 1 rings (SSSR count). The van der Waals surface area contributed by atoms with Crippen LogP contribution >= 0.6 is 11.6 Å². The van der Waals surface area contributed by atoms with Crippen molar-refractivity contribution in [2.75, 3.05) is 0 Å². The highest BCUT2D eigenvalue weighted by Crippen LogP contribution is 2.14. The molecule has 1 aromatic rings. The van der Waals surface area contributed by atoms with Crippen LogP contribution in [0, 0.1) is 6.92 Å². The fraction of sp³-hybridized carbons (Fsp3) is 0.600. The molecular weight excluding hydrogens is 140 g/mol. The summed E-state index contributed by atoms with van der Waals surface area (Å²) in [4.78, 5) is 3.90. The Morgan fingerprint density at radius 3 is 2.56 bits per heavy atom. The molecule has 1 atom stereocenters. The zero-order chi connectivity index (χ0) is 6.85. The maximum Gasteiger partial charge on any atom is 0.223 e. The summed E-state index contributed by atoms with van der Waals surface area (Å²) in [5, 5.41) is 3.43. The third-order valence-electron chi connectivity index (χ3n) is 0.899. The second kappa shape index (κ2) is 2.35. The Hall–Kier alpha value is -0.570. The summed E-state index contributed by atoms with van der Waals surface area (Å²) in [6.45, 7) is 3.53. The van der Waals surface area contributed by atoms with Gasteiger partial charge < -0.3 is 4.52 Å². The van der Waals surface area contributed by atoms with Crippen molar-refractivity contribution in [3.63, 3.8) is 0 Å². The molecule has 4 heteroatoms. The number of hydrogen-bond acceptors (Lipinski definition) is 3. The number of rotatable bonds is 1. The van der Waals surface area contributed by atoms with Crippen LogP contribution in [0.3, 0.4) is 0 Å². The maximum atomic E-state index is 5.63. The van der Waals surface area contributed by atoms with Gasteiger partial charge in [0.05, 0.1) is 5.38 Å². The van der Waals surface area contributed by atoms with Gasteiger partial charge in [0, 0.05) is 6.92 Å². The van der Waals surface area contributed by atoms with Gasteiger partial charge >= 0.3 is 0 Å². The monoisotopic (exact) mass is 146 g/mol. The second-order valence-electron chi connectivity index (χ2n) is 1.79. The standard InChI is InChI=1S/C5H7ClN2O/c1-3(6)5-7-4(2)9-8-5/h3H,1-2H3/t3-/m1/s1. The quantitative estimate of drug-likeness (QED) is 0.566. The molecule has 0 saturated carbocycles. The molecule has 50 valence electrons. The molecular formula is C5H7ClN2O. The number of nitrogens with zero attached hydrogens (tertiary/aromatic N) is 2. The van der Waals surface area contributed by atoms with Gasteiger partial charge in [0.15, 0.2) is 5.82 Å². The molecule has 1 aromatic heterocycles. The van der Waals surface area contributed by atoms with Crippen molar-refractivity contribution >= 4 is 11.6 Å². The lowest BCUT2D eigenvalue weighted by Crippen LogP contribution is -1.85. The van der Waals surface area contributed by atoms with Gasteiger partial charge in [-0.2, -0.15) is 4.98 Å². The van der Waals surface area contributed by atoms with Crippen LogP contribution in [0.15, 0.2) is 4.52 Å². The summed E-state index contributed by atoms with van der Waals surface area (Å²) >= 11 is 5.63. The summed E-state index contributed by atoms with van der Waals surface area (Å²) in [5.41, 5.74) is 0. The van der Waals surface area contributed by atoms with Crippen molar-refractivity contribution in [3.8, 4) is 0 Å². The number of hydrogen-bond donors (Lipinski definition) is 0. The topological polar surface area (TPSA) is 38.9 Å². The van der Waals surface area contributed by atoms with E-state index in [4.69, 9.17) is 11.6 Å². The van der Waals surface area contributed by atoms with E-state index in [2.05, 4.69) is 14.7 Å². The molecule has 9 heavy (non-hydrogen) atoms. The van der Waals surface area contributed by atoms with E-state index in [0.717, 1.165) is 0 Å². The van der Waals surface area contributed by atoms with Crippen LogP contribution in [0.5, 0.6) is 0 Å². The third kappa shape index (κ3) is 1.42. The maximum absolute atomic E-state index is 5.63. The van der Waals surface area contributed by atoms with E-state index in [0.29, 0.717) is 11.7 Å².